The third kappa shape index (κ3) is 3.09. The van der Waals surface area contributed by atoms with Crippen molar-refractivity contribution in [2.24, 2.45) is 0 Å². The Balaban J connectivity index is 1.35. The molecule has 0 radical (unpaired) electrons. The smallest absolute Gasteiger partial charge is 0.245 e. The second-order valence-corrected chi connectivity index (χ2v) is 7.74. The Labute approximate surface area is 163 Å². The summed E-state index contributed by atoms with van der Waals surface area (Å²) >= 11 is 0. The Morgan fingerprint density at radius 2 is 1.89 bits per heavy atom. The Kier molecular flexibility index (Phi) is 4.20. The summed E-state index contributed by atoms with van der Waals surface area (Å²) < 4.78 is 0. The van der Waals surface area contributed by atoms with Crippen molar-refractivity contribution in [1.82, 2.24) is 30.7 Å². The van der Waals surface area contributed by atoms with Gasteiger partial charge in [0.25, 0.3) is 0 Å². The number of rotatable bonds is 4. The first kappa shape index (κ1) is 17.1. The molecule has 8 heteroatoms. The van der Waals surface area contributed by atoms with Gasteiger partial charge in [0.15, 0.2) is 0 Å². The van der Waals surface area contributed by atoms with Crippen molar-refractivity contribution in [2.75, 3.05) is 11.9 Å². The van der Waals surface area contributed by atoms with Gasteiger partial charge in [0.2, 0.25) is 5.95 Å². The van der Waals surface area contributed by atoms with Gasteiger partial charge >= 0.3 is 0 Å². The van der Waals surface area contributed by atoms with Gasteiger partial charge in [-0.1, -0.05) is 6.07 Å². The lowest BCUT2D eigenvalue weighted by atomic mass is 9.99. The number of aromatic amines is 1. The maximum atomic E-state index is 10.4. The van der Waals surface area contributed by atoms with Crippen LogP contribution in [0.3, 0.4) is 0 Å². The molecule has 1 unspecified atom stereocenters. The van der Waals surface area contributed by atoms with Crippen molar-refractivity contribution >= 4 is 5.95 Å². The van der Waals surface area contributed by atoms with Crippen LogP contribution in [0.15, 0.2) is 36.8 Å². The Bertz CT molecular complexity index is 945. The molecule has 2 aromatic heterocycles. The highest BCUT2D eigenvalue weighted by Gasteiger charge is 2.35. The van der Waals surface area contributed by atoms with E-state index in [4.69, 9.17) is 0 Å². The summed E-state index contributed by atoms with van der Waals surface area (Å²) in [4.78, 5) is 6.66. The molecule has 2 bridgehead atoms. The molecule has 2 aliphatic heterocycles. The molecule has 3 atom stereocenters. The fraction of sp³-hybridized carbons (Fsp3) is 0.400. The predicted octanol–water partition coefficient (Wildman–Crippen LogP) is 2.35. The highest BCUT2D eigenvalue weighted by atomic mass is 16.3. The standard InChI is InChI=1S/C20H23N7O/c1-27(16-7-14-3-4-15(8-16)24-14)20-21-11-18(25-26-20)17-5-2-12(6-19(17)28)13-9-22-23-10-13/h2,5-6,9-11,14-16,24,28H,3-4,7-8H2,1H3,(H,22,23)/t14-,15+,16?. The fourth-order valence-electron chi connectivity index (χ4n) is 4.40. The molecule has 0 spiro atoms. The van der Waals surface area contributed by atoms with E-state index >= 15 is 0 Å². The number of aromatic hydroxyl groups is 1. The molecule has 5 rings (SSSR count). The second-order valence-electron chi connectivity index (χ2n) is 7.74. The fourth-order valence-corrected chi connectivity index (χ4v) is 4.40. The first-order chi connectivity index (χ1) is 13.7. The number of phenols is 1. The molecule has 4 heterocycles. The van der Waals surface area contributed by atoms with Gasteiger partial charge in [-0.05, 0) is 43.4 Å². The number of fused-ring (bicyclic) bond motifs is 2. The molecule has 2 fully saturated rings. The number of phenolic OH excluding ortho intramolecular Hbond substituents is 1. The van der Waals surface area contributed by atoms with Crippen LogP contribution in [0.25, 0.3) is 22.4 Å². The van der Waals surface area contributed by atoms with Crippen molar-refractivity contribution < 1.29 is 5.11 Å². The molecule has 0 saturated carbocycles. The average Bonchev–Trinajstić information content (AvgIpc) is 3.37. The first-order valence-electron chi connectivity index (χ1n) is 9.68. The van der Waals surface area contributed by atoms with Gasteiger partial charge in [-0.3, -0.25) is 5.10 Å². The van der Waals surface area contributed by atoms with Gasteiger partial charge in [-0.25, -0.2) is 4.98 Å². The van der Waals surface area contributed by atoms with E-state index in [2.05, 4.69) is 35.6 Å². The van der Waals surface area contributed by atoms with E-state index in [1.54, 1.807) is 24.7 Å². The summed E-state index contributed by atoms with van der Waals surface area (Å²) in [7, 11) is 2.04. The van der Waals surface area contributed by atoms with Crippen LogP contribution in [-0.2, 0) is 0 Å². The predicted molar refractivity (Wildman–Crippen MR) is 106 cm³/mol. The summed E-state index contributed by atoms with van der Waals surface area (Å²) in [6, 6.07) is 7.12. The maximum Gasteiger partial charge on any atom is 0.245 e. The normalized spacial score (nSPS) is 23.7. The van der Waals surface area contributed by atoms with Gasteiger partial charge in [-0.2, -0.15) is 5.10 Å². The van der Waals surface area contributed by atoms with Crippen LogP contribution in [0, 0.1) is 0 Å². The molecular weight excluding hydrogens is 354 g/mol. The minimum atomic E-state index is 0.144. The number of nitrogens with zero attached hydrogens (tertiary/aromatic N) is 5. The van der Waals surface area contributed by atoms with Gasteiger partial charge in [0.05, 0.1) is 12.4 Å². The lowest BCUT2D eigenvalue weighted by Crippen LogP contribution is -2.47. The van der Waals surface area contributed by atoms with Crippen molar-refractivity contribution in [3.8, 4) is 28.1 Å². The van der Waals surface area contributed by atoms with Crippen LogP contribution in [-0.4, -0.2) is 55.7 Å². The Morgan fingerprint density at radius 3 is 2.54 bits per heavy atom. The number of hydrogen-bond donors (Lipinski definition) is 3. The molecular formula is C20H23N7O. The van der Waals surface area contributed by atoms with Crippen molar-refractivity contribution in [3.05, 3.63) is 36.8 Å². The molecule has 3 N–H and O–H groups in total. The number of benzene rings is 1. The van der Waals surface area contributed by atoms with Gasteiger partial charge in [-0.15, -0.1) is 10.2 Å². The SMILES string of the molecule is CN(c1ncc(-c2ccc(-c3cn[nH]c3)cc2O)nn1)C1C[C@H]2CC[C@@H](C1)N2. The maximum absolute atomic E-state index is 10.4. The van der Waals surface area contributed by atoms with E-state index < -0.39 is 0 Å². The molecule has 8 nitrogen and oxygen atoms in total. The zero-order valence-electron chi connectivity index (χ0n) is 15.7. The van der Waals surface area contributed by atoms with E-state index in [0.717, 1.165) is 24.0 Å². The van der Waals surface area contributed by atoms with Crippen LogP contribution in [0.2, 0.25) is 0 Å². The summed E-state index contributed by atoms with van der Waals surface area (Å²) in [6.07, 6.45) is 9.95. The third-order valence-electron chi connectivity index (χ3n) is 5.97. The van der Waals surface area contributed by atoms with Crippen molar-refractivity contribution in [2.45, 2.75) is 43.8 Å². The largest absolute Gasteiger partial charge is 0.507 e. The summed E-state index contributed by atoms with van der Waals surface area (Å²) in [5.41, 5.74) is 2.96. The van der Waals surface area contributed by atoms with E-state index in [1.165, 1.54) is 12.8 Å². The van der Waals surface area contributed by atoms with Crippen molar-refractivity contribution in [1.29, 1.82) is 0 Å². The topological polar surface area (TPSA) is 103 Å². The van der Waals surface area contributed by atoms with Crippen LogP contribution in [0.1, 0.15) is 25.7 Å². The van der Waals surface area contributed by atoms with E-state index in [-0.39, 0.29) is 5.75 Å². The van der Waals surface area contributed by atoms with Gasteiger partial charge < -0.3 is 15.3 Å². The van der Waals surface area contributed by atoms with Crippen LogP contribution in [0.5, 0.6) is 5.75 Å². The van der Waals surface area contributed by atoms with E-state index in [9.17, 15) is 5.11 Å². The summed E-state index contributed by atoms with van der Waals surface area (Å²) in [5.74, 6) is 0.774. The van der Waals surface area contributed by atoms with Crippen LogP contribution in [0.4, 0.5) is 5.95 Å². The Morgan fingerprint density at radius 1 is 1.07 bits per heavy atom. The highest BCUT2D eigenvalue weighted by Crippen LogP contribution is 2.33. The number of piperidine rings is 1. The zero-order chi connectivity index (χ0) is 19.1. The minimum absolute atomic E-state index is 0.144. The van der Waals surface area contributed by atoms with Crippen LogP contribution < -0.4 is 10.2 Å². The second kappa shape index (κ2) is 6.87. The molecule has 0 aliphatic carbocycles. The minimum Gasteiger partial charge on any atom is -0.507 e. The third-order valence-corrected chi connectivity index (χ3v) is 5.97. The molecule has 2 saturated heterocycles. The van der Waals surface area contributed by atoms with E-state index in [1.807, 2.05) is 19.2 Å². The number of aromatic nitrogens is 5. The molecule has 28 heavy (non-hydrogen) atoms. The zero-order valence-corrected chi connectivity index (χ0v) is 15.7. The van der Waals surface area contributed by atoms with E-state index in [0.29, 0.717) is 35.3 Å². The lowest BCUT2D eigenvalue weighted by Gasteiger charge is -2.35. The monoisotopic (exact) mass is 377 g/mol. The molecule has 0 amide bonds. The molecule has 3 aromatic rings. The molecule has 144 valence electrons. The molecule has 1 aromatic carbocycles. The number of H-pyrrole nitrogens is 1. The summed E-state index contributed by atoms with van der Waals surface area (Å²) in [6.45, 7) is 0. The number of hydrogen-bond acceptors (Lipinski definition) is 7. The lowest BCUT2D eigenvalue weighted by molar-refractivity contribution is 0.352. The van der Waals surface area contributed by atoms with Gasteiger partial charge in [0, 0.05) is 42.5 Å². The van der Waals surface area contributed by atoms with Crippen molar-refractivity contribution in [3.63, 3.8) is 0 Å². The quantitative estimate of drug-likeness (QED) is 0.641. The highest BCUT2D eigenvalue weighted by molar-refractivity contribution is 5.73. The first-order valence-corrected chi connectivity index (χ1v) is 9.68. The van der Waals surface area contributed by atoms with Gasteiger partial charge in [0.1, 0.15) is 11.4 Å². The summed E-state index contributed by atoms with van der Waals surface area (Å²) in [5, 5.41) is 29.5. The number of nitrogens with one attached hydrogen (secondary N) is 2. The number of anilines is 1. The van der Waals surface area contributed by atoms with Crippen LogP contribution >= 0.6 is 0 Å². The average molecular weight is 377 g/mol. The molecule has 2 aliphatic rings. The Hall–Kier alpha value is -3.00.